The SMILES string of the molecule is CC(C)c1cccc(C(c2ccc(O)c([N+](=O)[O-])c2)(c2ccc(O)c([N+](=O)[O-])c2)C(F)(F)F)c1. The Labute approximate surface area is 191 Å². The predicted molar refractivity (Wildman–Crippen MR) is 116 cm³/mol. The summed E-state index contributed by atoms with van der Waals surface area (Å²) in [6.45, 7) is 3.54. The van der Waals surface area contributed by atoms with E-state index in [9.17, 15) is 30.4 Å². The van der Waals surface area contributed by atoms with Crippen molar-refractivity contribution >= 4 is 11.4 Å². The smallest absolute Gasteiger partial charge is 0.406 e. The van der Waals surface area contributed by atoms with E-state index < -0.39 is 55.4 Å². The van der Waals surface area contributed by atoms with Gasteiger partial charge in [0.25, 0.3) is 0 Å². The Hall–Kier alpha value is -4.15. The third kappa shape index (κ3) is 4.00. The highest BCUT2D eigenvalue weighted by atomic mass is 19.4. The second kappa shape index (κ2) is 8.65. The second-order valence-corrected chi connectivity index (χ2v) is 7.95. The maximum absolute atomic E-state index is 15.2. The maximum atomic E-state index is 15.2. The van der Waals surface area contributed by atoms with Crippen LogP contribution >= 0.6 is 0 Å². The van der Waals surface area contributed by atoms with Crippen LogP contribution in [0.25, 0.3) is 0 Å². The number of benzene rings is 3. The van der Waals surface area contributed by atoms with Crippen molar-refractivity contribution in [1.82, 2.24) is 0 Å². The van der Waals surface area contributed by atoms with E-state index in [0.29, 0.717) is 17.7 Å². The standard InChI is InChI=1S/C23H19F3N2O6/c1-13(2)14-4-3-5-15(10-14)22(23(24,25)26,16-6-8-20(29)18(11-16)27(31)32)17-7-9-21(30)19(12-17)28(33)34/h3-13,29-30H,1-2H3. The lowest BCUT2D eigenvalue weighted by Crippen LogP contribution is -2.44. The Morgan fingerprint density at radius 3 is 1.59 bits per heavy atom. The van der Waals surface area contributed by atoms with Gasteiger partial charge in [-0.15, -0.1) is 0 Å². The lowest BCUT2D eigenvalue weighted by Gasteiger charge is -2.37. The topological polar surface area (TPSA) is 127 Å². The zero-order valence-electron chi connectivity index (χ0n) is 17.9. The highest BCUT2D eigenvalue weighted by molar-refractivity contribution is 5.61. The van der Waals surface area contributed by atoms with Gasteiger partial charge in [0.15, 0.2) is 11.5 Å². The van der Waals surface area contributed by atoms with E-state index in [4.69, 9.17) is 0 Å². The quantitative estimate of drug-likeness (QED) is 0.258. The van der Waals surface area contributed by atoms with Crippen LogP contribution in [0.5, 0.6) is 11.5 Å². The van der Waals surface area contributed by atoms with Crippen molar-refractivity contribution in [2.24, 2.45) is 0 Å². The number of rotatable bonds is 6. The fourth-order valence-corrected chi connectivity index (χ4v) is 3.93. The van der Waals surface area contributed by atoms with Gasteiger partial charge in [-0.25, -0.2) is 0 Å². The average Bonchev–Trinajstić information content (AvgIpc) is 2.75. The molecule has 178 valence electrons. The first-order chi connectivity index (χ1) is 15.8. The van der Waals surface area contributed by atoms with Crippen LogP contribution in [0.2, 0.25) is 0 Å². The summed E-state index contributed by atoms with van der Waals surface area (Å²) in [5, 5.41) is 42.5. The fraction of sp³-hybridized carbons (Fsp3) is 0.217. The van der Waals surface area contributed by atoms with E-state index in [-0.39, 0.29) is 11.5 Å². The highest BCUT2D eigenvalue weighted by Crippen LogP contribution is 2.53. The molecular formula is C23H19F3N2O6. The number of aromatic hydroxyl groups is 2. The van der Waals surface area contributed by atoms with Gasteiger partial charge in [-0.1, -0.05) is 50.2 Å². The molecule has 8 nitrogen and oxygen atoms in total. The minimum Gasteiger partial charge on any atom is -0.502 e. The molecule has 0 aromatic heterocycles. The molecule has 3 rings (SSSR count). The molecule has 0 saturated heterocycles. The van der Waals surface area contributed by atoms with Crippen molar-refractivity contribution in [2.45, 2.75) is 31.4 Å². The number of alkyl halides is 3. The third-order valence-corrected chi connectivity index (χ3v) is 5.62. The largest absolute Gasteiger partial charge is 0.502 e. The summed E-state index contributed by atoms with van der Waals surface area (Å²) < 4.78 is 45.5. The van der Waals surface area contributed by atoms with Gasteiger partial charge in [0.2, 0.25) is 0 Å². The lowest BCUT2D eigenvalue weighted by atomic mass is 9.68. The van der Waals surface area contributed by atoms with Crippen LogP contribution in [0.3, 0.4) is 0 Å². The van der Waals surface area contributed by atoms with Gasteiger partial charge in [0.05, 0.1) is 9.85 Å². The number of nitro benzene ring substituents is 2. The first kappa shape index (κ1) is 24.5. The van der Waals surface area contributed by atoms with E-state index in [2.05, 4.69) is 0 Å². The minimum atomic E-state index is -5.15. The van der Waals surface area contributed by atoms with E-state index >= 15 is 13.2 Å². The van der Waals surface area contributed by atoms with Gasteiger partial charge in [-0.3, -0.25) is 20.2 Å². The second-order valence-electron chi connectivity index (χ2n) is 7.95. The molecule has 11 heteroatoms. The summed E-state index contributed by atoms with van der Waals surface area (Å²) in [7, 11) is 0. The normalized spacial score (nSPS) is 12.1. The molecule has 0 bridgehead atoms. The molecule has 3 aromatic carbocycles. The summed E-state index contributed by atoms with van der Waals surface area (Å²) in [5.74, 6) is -1.84. The Balaban J connectivity index is 2.55. The fourth-order valence-electron chi connectivity index (χ4n) is 3.93. The molecule has 0 radical (unpaired) electrons. The molecule has 0 unspecified atom stereocenters. The van der Waals surface area contributed by atoms with Crippen molar-refractivity contribution in [3.8, 4) is 11.5 Å². The van der Waals surface area contributed by atoms with Gasteiger partial charge in [0.1, 0.15) is 5.41 Å². The number of phenols is 2. The van der Waals surface area contributed by atoms with Crippen LogP contribution in [0.4, 0.5) is 24.5 Å². The number of phenolic OH excluding ortho intramolecular Hbond substituents is 2. The monoisotopic (exact) mass is 476 g/mol. The Bertz CT molecular complexity index is 1210. The number of nitrogens with zero attached hydrogens (tertiary/aromatic N) is 2. The molecule has 0 heterocycles. The molecule has 34 heavy (non-hydrogen) atoms. The molecule has 0 atom stereocenters. The van der Waals surface area contributed by atoms with Crippen molar-refractivity contribution in [1.29, 1.82) is 0 Å². The molecule has 0 fully saturated rings. The molecular weight excluding hydrogens is 457 g/mol. The summed E-state index contributed by atoms with van der Waals surface area (Å²) >= 11 is 0. The van der Waals surface area contributed by atoms with Crippen molar-refractivity contribution in [3.05, 3.63) is 103 Å². The maximum Gasteiger partial charge on any atom is 0.406 e. The molecule has 0 aliphatic heterocycles. The van der Waals surface area contributed by atoms with E-state index in [1.807, 2.05) is 0 Å². The van der Waals surface area contributed by atoms with Crippen LogP contribution in [-0.2, 0) is 5.41 Å². The first-order valence-electron chi connectivity index (χ1n) is 9.93. The molecule has 0 aliphatic rings. The lowest BCUT2D eigenvalue weighted by molar-refractivity contribution is -0.386. The summed E-state index contributed by atoms with van der Waals surface area (Å²) in [6.07, 6.45) is -5.15. The van der Waals surface area contributed by atoms with Gasteiger partial charge < -0.3 is 10.2 Å². The zero-order chi connectivity index (χ0) is 25.4. The third-order valence-electron chi connectivity index (χ3n) is 5.62. The van der Waals surface area contributed by atoms with Gasteiger partial charge in [0, 0.05) is 12.1 Å². The number of halogens is 3. The van der Waals surface area contributed by atoms with Crippen molar-refractivity contribution < 1.29 is 33.2 Å². The predicted octanol–water partition coefficient (Wildman–Crippen LogP) is 5.93. The molecule has 0 spiro atoms. The number of nitro groups is 2. The van der Waals surface area contributed by atoms with E-state index in [1.165, 1.54) is 18.2 Å². The van der Waals surface area contributed by atoms with Crippen molar-refractivity contribution in [3.63, 3.8) is 0 Å². The molecule has 3 aromatic rings. The summed E-state index contributed by atoms with van der Waals surface area (Å²) in [5.41, 5.74) is -6.09. The molecule has 2 N–H and O–H groups in total. The highest BCUT2D eigenvalue weighted by Gasteiger charge is 2.59. The minimum absolute atomic E-state index is 0.172. The van der Waals surface area contributed by atoms with Crippen LogP contribution in [0.1, 0.15) is 42.0 Å². The summed E-state index contributed by atoms with van der Waals surface area (Å²) in [4.78, 5) is 20.7. The first-order valence-corrected chi connectivity index (χ1v) is 9.93. The zero-order valence-corrected chi connectivity index (χ0v) is 17.9. The Kier molecular flexibility index (Phi) is 6.23. The van der Waals surface area contributed by atoms with E-state index in [0.717, 1.165) is 24.3 Å². The van der Waals surface area contributed by atoms with Gasteiger partial charge >= 0.3 is 17.6 Å². The number of hydrogen-bond donors (Lipinski definition) is 2. The van der Waals surface area contributed by atoms with Crippen LogP contribution in [0.15, 0.2) is 60.7 Å². The van der Waals surface area contributed by atoms with Gasteiger partial charge in [-0.05, 0) is 40.3 Å². The van der Waals surface area contributed by atoms with Crippen molar-refractivity contribution in [2.75, 3.05) is 0 Å². The van der Waals surface area contributed by atoms with Crippen LogP contribution < -0.4 is 0 Å². The van der Waals surface area contributed by atoms with Crippen LogP contribution in [-0.4, -0.2) is 26.2 Å². The molecule has 0 aliphatic carbocycles. The van der Waals surface area contributed by atoms with E-state index in [1.54, 1.807) is 19.9 Å². The molecule has 0 amide bonds. The summed E-state index contributed by atoms with van der Waals surface area (Å²) in [6, 6.07) is 10.00. The Morgan fingerprint density at radius 2 is 1.21 bits per heavy atom. The average molecular weight is 476 g/mol. The molecule has 0 saturated carbocycles. The number of hydrogen-bond acceptors (Lipinski definition) is 6. The van der Waals surface area contributed by atoms with Crippen LogP contribution in [0, 0.1) is 20.2 Å². The Morgan fingerprint density at radius 1 is 0.765 bits per heavy atom. The van der Waals surface area contributed by atoms with Gasteiger partial charge in [-0.2, -0.15) is 13.2 Å².